The van der Waals surface area contributed by atoms with Crippen molar-refractivity contribution in [1.29, 1.82) is 5.26 Å². The molecule has 0 radical (unpaired) electrons. The largest absolute Gasteiger partial charge is 0.372 e. The molecule has 84 valence electrons. The van der Waals surface area contributed by atoms with Gasteiger partial charge in [-0.05, 0) is 18.2 Å². The molecule has 0 bridgehead atoms. The number of carbonyl (C=O) groups excluding carboxylic acids is 1. The lowest BCUT2D eigenvalue weighted by Crippen LogP contribution is -2.45. The van der Waals surface area contributed by atoms with E-state index in [-0.39, 0.29) is 0 Å². The Kier molecular flexibility index (Phi) is 3.86. The number of likely N-dealkylation sites (N-methyl/N-ethyl adjacent to an activating group) is 1. The van der Waals surface area contributed by atoms with Gasteiger partial charge in [-0.25, -0.2) is 0 Å². The van der Waals surface area contributed by atoms with Gasteiger partial charge < -0.3 is 16.4 Å². The van der Waals surface area contributed by atoms with E-state index in [1.807, 2.05) is 12.1 Å². The first-order valence-electron chi connectivity index (χ1n) is 4.81. The third-order valence-corrected chi connectivity index (χ3v) is 2.25. The molecule has 1 unspecified atom stereocenters. The van der Waals surface area contributed by atoms with Gasteiger partial charge in [-0.15, -0.1) is 0 Å². The average Bonchev–Trinajstić information content (AvgIpc) is 2.28. The highest BCUT2D eigenvalue weighted by molar-refractivity contribution is 5.80. The summed E-state index contributed by atoms with van der Waals surface area (Å²) in [4.78, 5) is 12.6. The molecule has 1 aromatic carbocycles. The molecule has 0 saturated carbocycles. The molecular weight excluding hydrogens is 204 g/mol. The predicted molar refractivity (Wildman–Crippen MR) is 61.6 cm³/mol. The Morgan fingerprint density at radius 1 is 1.62 bits per heavy atom. The monoisotopic (exact) mass is 218 g/mol. The minimum atomic E-state index is -0.712. The molecule has 1 rings (SSSR count). The van der Waals surface area contributed by atoms with Crippen molar-refractivity contribution in [3.05, 3.63) is 29.8 Å². The molecule has 1 amide bonds. The Morgan fingerprint density at radius 2 is 2.31 bits per heavy atom. The van der Waals surface area contributed by atoms with Crippen molar-refractivity contribution in [2.75, 3.05) is 18.5 Å². The first-order chi connectivity index (χ1) is 7.54. The minimum absolute atomic E-state index is 0.324. The van der Waals surface area contributed by atoms with Gasteiger partial charge in [0, 0.05) is 19.3 Å². The van der Waals surface area contributed by atoms with Crippen molar-refractivity contribution < 1.29 is 4.79 Å². The summed E-state index contributed by atoms with van der Waals surface area (Å²) in [5.74, 6) is -0.539. The van der Waals surface area contributed by atoms with Crippen LogP contribution in [0.15, 0.2) is 24.3 Å². The summed E-state index contributed by atoms with van der Waals surface area (Å²) in [6.07, 6.45) is 0. The van der Waals surface area contributed by atoms with E-state index in [9.17, 15) is 4.79 Å². The second-order valence-electron chi connectivity index (χ2n) is 3.55. The number of hydrogen-bond acceptors (Lipinski definition) is 4. The molecule has 0 aliphatic carbocycles. The summed E-state index contributed by atoms with van der Waals surface area (Å²) in [6.45, 7) is 0.324. The topological polar surface area (TPSA) is 96.1 Å². The molecule has 0 spiro atoms. The number of benzene rings is 1. The molecule has 0 aliphatic heterocycles. The standard InChI is InChI=1S/C11H14N4O/c1-15(7-10(13)11(14)16)9-4-2-3-8(5-9)6-12/h2-5,10H,7,13H2,1H3,(H2,14,16). The Hall–Kier alpha value is -2.06. The number of nitrogens with zero attached hydrogens (tertiary/aromatic N) is 2. The number of primary amides is 1. The number of rotatable bonds is 4. The predicted octanol–water partition coefficient (Wildman–Crippen LogP) is -0.193. The van der Waals surface area contributed by atoms with E-state index in [1.165, 1.54) is 0 Å². The highest BCUT2D eigenvalue weighted by Gasteiger charge is 2.12. The van der Waals surface area contributed by atoms with E-state index in [0.29, 0.717) is 12.1 Å². The van der Waals surface area contributed by atoms with Gasteiger partial charge in [0.05, 0.1) is 11.6 Å². The van der Waals surface area contributed by atoms with Crippen LogP contribution in [0.5, 0.6) is 0 Å². The van der Waals surface area contributed by atoms with Crippen LogP contribution in [-0.4, -0.2) is 25.5 Å². The maximum atomic E-state index is 10.8. The Bertz CT molecular complexity index is 424. The Balaban J connectivity index is 2.77. The van der Waals surface area contributed by atoms with Crippen LogP contribution in [0.25, 0.3) is 0 Å². The number of nitrogens with two attached hydrogens (primary N) is 2. The lowest BCUT2D eigenvalue weighted by Gasteiger charge is -2.21. The van der Waals surface area contributed by atoms with Crippen molar-refractivity contribution >= 4 is 11.6 Å². The summed E-state index contributed by atoms with van der Waals surface area (Å²) in [5.41, 5.74) is 12.0. The highest BCUT2D eigenvalue weighted by atomic mass is 16.1. The van der Waals surface area contributed by atoms with Crippen LogP contribution in [-0.2, 0) is 4.79 Å². The second kappa shape index (κ2) is 5.14. The normalized spacial score (nSPS) is 11.6. The molecule has 5 nitrogen and oxygen atoms in total. The van der Waals surface area contributed by atoms with Gasteiger partial charge in [0.1, 0.15) is 6.04 Å². The number of anilines is 1. The van der Waals surface area contributed by atoms with E-state index in [4.69, 9.17) is 16.7 Å². The maximum absolute atomic E-state index is 10.8. The average molecular weight is 218 g/mol. The molecule has 0 heterocycles. The van der Waals surface area contributed by atoms with Crippen molar-refractivity contribution in [3.63, 3.8) is 0 Å². The van der Waals surface area contributed by atoms with Gasteiger partial charge in [0.15, 0.2) is 0 Å². The van der Waals surface area contributed by atoms with Crippen LogP contribution in [0.3, 0.4) is 0 Å². The molecular formula is C11H14N4O. The summed E-state index contributed by atoms with van der Waals surface area (Å²) < 4.78 is 0. The van der Waals surface area contributed by atoms with Crippen LogP contribution < -0.4 is 16.4 Å². The number of nitriles is 1. The maximum Gasteiger partial charge on any atom is 0.236 e. The van der Waals surface area contributed by atoms with Crippen molar-refractivity contribution in [2.24, 2.45) is 11.5 Å². The van der Waals surface area contributed by atoms with E-state index < -0.39 is 11.9 Å². The summed E-state index contributed by atoms with van der Waals surface area (Å²) >= 11 is 0. The second-order valence-corrected chi connectivity index (χ2v) is 3.55. The molecule has 1 aromatic rings. The van der Waals surface area contributed by atoms with E-state index in [1.54, 1.807) is 30.1 Å². The zero-order valence-electron chi connectivity index (χ0n) is 9.05. The molecule has 4 N–H and O–H groups in total. The Morgan fingerprint density at radius 3 is 2.88 bits per heavy atom. The summed E-state index contributed by atoms with van der Waals surface area (Å²) in [6, 6.07) is 8.40. The fraction of sp³-hybridized carbons (Fsp3) is 0.273. The smallest absolute Gasteiger partial charge is 0.236 e. The van der Waals surface area contributed by atoms with E-state index >= 15 is 0 Å². The molecule has 1 atom stereocenters. The number of amides is 1. The summed E-state index contributed by atoms with van der Waals surface area (Å²) in [5, 5.41) is 8.75. The third kappa shape index (κ3) is 2.97. The first-order valence-corrected chi connectivity index (χ1v) is 4.81. The van der Waals surface area contributed by atoms with E-state index in [2.05, 4.69) is 0 Å². The van der Waals surface area contributed by atoms with Crippen LogP contribution in [0.1, 0.15) is 5.56 Å². The quantitative estimate of drug-likeness (QED) is 0.731. The molecule has 16 heavy (non-hydrogen) atoms. The fourth-order valence-electron chi connectivity index (χ4n) is 1.30. The van der Waals surface area contributed by atoms with Crippen molar-refractivity contribution in [2.45, 2.75) is 6.04 Å². The van der Waals surface area contributed by atoms with Gasteiger partial charge in [-0.1, -0.05) is 6.07 Å². The summed E-state index contributed by atoms with van der Waals surface area (Å²) in [7, 11) is 1.79. The van der Waals surface area contributed by atoms with Crippen LogP contribution in [0.4, 0.5) is 5.69 Å². The highest BCUT2D eigenvalue weighted by Crippen LogP contribution is 2.14. The lowest BCUT2D eigenvalue weighted by molar-refractivity contribution is -0.119. The first kappa shape index (κ1) is 12.0. The SMILES string of the molecule is CN(CC(N)C(N)=O)c1cccc(C#N)c1. The Labute approximate surface area is 94.2 Å². The molecule has 5 heteroatoms. The molecule has 0 aromatic heterocycles. The van der Waals surface area contributed by atoms with Crippen LogP contribution in [0.2, 0.25) is 0 Å². The van der Waals surface area contributed by atoms with Crippen molar-refractivity contribution in [1.82, 2.24) is 0 Å². The third-order valence-electron chi connectivity index (χ3n) is 2.25. The number of carbonyl (C=O) groups is 1. The van der Waals surface area contributed by atoms with Gasteiger partial charge in [-0.3, -0.25) is 4.79 Å². The van der Waals surface area contributed by atoms with Crippen LogP contribution in [0, 0.1) is 11.3 Å². The van der Waals surface area contributed by atoms with Gasteiger partial charge in [0.2, 0.25) is 5.91 Å². The zero-order valence-corrected chi connectivity index (χ0v) is 9.05. The molecule has 0 fully saturated rings. The van der Waals surface area contributed by atoms with E-state index in [0.717, 1.165) is 5.69 Å². The van der Waals surface area contributed by atoms with Gasteiger partial charge in [0.25, 0.3) is 0 Å². The fourth-order valence-corrected chi connectivity index (χ4v) is 1.30. The van der Waals surface area contributed by atoms with Crippen molar-refractivity contribution in [3.8, 4) is 6.07 Å². The minimum Gasteiger partial charge on any atom is -0.372 e. The van der Waals surface area contributed by atoms with Gasteiger partial charge >= 0.3 is 0 Å². The molecule has 0 saturated heterocycles. The van der Waals surface area contributed by atoms with Crippen LogP contribution >= 0.6 is 0 Å². The lowest BCUT2D eigenvalue weighted by atomic mass is 10.2. The zero-order chi connectivity index (χ0) is 12.1. The molecule has 0 aliphatic rings. The van der Waals surface area contributed by atoms with Gasteiger partial charge in [-0.2, -0.15) is 5.26 Å². The number of hydrogen-bond donors (Lipinski definition) is 2.